The van der Waals surface area contributed by atoms with Gasteiger partial charge in [-0.15, -0.1) is 11.3 Å². The Balaban J connectivity index is 1.28. The average molecular weight is 486 g/mol. The van der Waals surface area contributed by atoms with Crippen molar-refractivity contribution in [2.45, 2.75) is 31.2 Å². The molecule has 2 aromatic carbocycles. The molecule has 3 aromatic rings. The Morgan fingerprint density at radius 2 is 1.82 bits per heavy atom. The van der Waals surface area contributed by atoms with Crippen LogP contribution in [-0.2, 0) is 21.4 Å². The lowest BCUT2D eigenvalue weighted by atomic mass is 9.97. The maximum Gasteiger partial charge on any atom is 0.243 e. The van der Waals surface area contributed by atoms with Crippen LogP contribution in [0.5, 0.6) is 5.75 Å². The van der Waals surface area contributed by atoms with Crippen LogP contribution in [0.1, 0.15) is 24.8 Å². The van der Waals surface area contributed by atoms with Crippen molar-refractivity contribution in [1.82, 2.24) is 14.6 Å². The molecule has 9 heteroatoms. The predicted octanol–water partition coefficient (Wildman–Crippen LogP) is 3.93. The number of hydrogen-bond acceptors (Lipinski definition) is 6. The van der Waals surface area contributed by atoms with Crippen LogP contribution in [-0.4, -0.2) is 43.3 Å². The maximum absolute atomic E-state index is 12.9. The molecule has 0 bridgehead atoms. The van der Waals surface area contributed by atoms with E-state index < -0.39 is 10.0 Å². The Hall–Kier alpha value is -2.75. The zero-order valence-electron chi connectivity index (χ0n) is 18.4. The van der Waals surface area contributed by atoms with Crippen molar-refractivity contribution in [3.8, 4) is 17.0 Å². The molecule has 174 valence electrons. The number of thiazole rings is 1. The minimum atomic E-state index is -3.58. The fourth-order valence-electron chi connectivity index (χ4n) is 3.82. The number of hydrogen-bond donors (Lipinski definition) is 1. The maximum atomic E-state index is 12.9. The Kier molecular flexibility index (Phi) is 7.42. The van der Waals surface area contributed by atoms with Gasteiger partial charge in [0.2, 0.25) is 15.9 Å². The summed E-state index contributed by atoms with van der Waals surface area (Å²) in [6.45, 7) is 3.43. The number of sulfonamides is 1. The lowest BCUT2D eigenvalue weighted by Crippen LogP contribution is -2.42. The fraction of sp³-hybridized carbons (Fsp3) is 0.333. The number of rotatable bonds is 8. The van der Waals surface area contributed by atoms with Crippen LogP contribution in [0, 0.1) is 5.92 Å². The van der Waals surface area contributed by atoms with Gasteiger partial charge in [-0.25, -0.2) is 13.4 Å². The summed E-state index contributed by atoms with van der Waals surface area (Å²) < 4.78 is 32.7. The van der Waals surface area contributed by atoms with Gasteiger partial charge >= 0.3 is 0 Å². The van der Waals surface area contributed by atoms with Gasteiger partial charge in [0, 0.05) is 30.0 Å². The van der Waals surface area contributed by atoms with Crippen molar-refractivity contribution in [3.63, 3.8) is 0 Å². The van der Waals surface area contributed by atoms with Gasteiger partial charge in [0.1, 0.15) is 10.8 Å². The normalized spacial score (nSPS) is 15.3. The molecule has 0 radical (unpaired) electrons. The van der Waals surface area contributed by atoms with Crippen molar-refractivity contribution in [2.75, 3.05) is 19.7 Å². The van der Waals surface area contributed by atoms with Gasteiger partial charge in [-0.2, -0.15) is 4.31 Å². The molecular weight excluding hydrogens is 458 g/mol. The van der Waals surface area contributed by atoms with Crippen molar-refractivity contribution in [2.24, 2.45) is 5.92 Å². The minimum absolute atomic E-state index is 0.0513. The van der Waals surface area contributed by atoms with Gasteiger partial charge in [-0.05, 0) is 44.0 Å². The highest BCUT2D eigenvalue weighted by molar-refractivity contribution is 7.89. The molecule has 0 saturated carbocycles. The Morgan fingerprint density at radius 3 is 2.48 bits per heavy atom. The molecule has 0 spiro atoms. The number of nitrogens with zero attached hydrogens (tertiary/aromatic N) is 2. The van der Waals surface area contributed by atoms with Crippen LogP contribution in [0.3, 0.4) is 0 Å². The van der Waals surface area contributed by atoms with Gasteiger partial charge in [0.15, 0.2) is 0 Å². The lowest BCUT2D eigenvalue weighted by molar-refractivity contribution is -0.126. The summed E-state index contributed by atoms with van der Waals surface area (Å²) in [5.74, 6) is 0.387. The molecule has 0 aliphatic carbocycles. The number of ether oxygens (including phenoxy) is 1. The lowest BCUT2D eigenvalue weighted by Gasteiger charge is -2.30. The first-order valence-corrected chi connectivity index (χ1v) is 13.3. The van der Waals surface area contributed by atoms with Gasteiger partial charge < -0.3 is 10.1 Å². The second kappa shape index (κ2) is 10.5. The molecule has 1 aromatic heterocycles. The van der Waals surface area contributed by atoms with Crippen LogP contribution in [0.2, 0.25) is 0 Å². The van der Waals surface area contributed by atoms with E-state index >= 15 is 0 Å². The standard InChI is InChI=1S/C24H27N3O4S2/c1-2-31-20-8-10-21(11-9-20)33(29,30)27-14-12-19(13-15-27)24(28)25-16-23-26-22(17-32-23)18-6-4-3-5-7-18/h3-11,17,19H,2,12-16H2,1H3,(H,25,28). The number of benzene rings is 2. The molecule has 1 aliphatic heterocycles. The summed E-state index contributed by atoms with van der Waals surface area (Å²) in [7, 11) is -3.58. The summed E-state index contributed by atoms with van der Waals surface area (Å²) in [5.41, 5.74) is 1.95. The third kappa shape index (κ3) is 5.61. The number of carbonyl (C=O) groups excluding carboxylic acids is 1. The van der Waals surface area contributed by atoms with Crippen LogP contribution in [0.15, 0.2) is 64.9 Å². The van der Waals surface area contributed by atoms with Gasteiger partial charge in [-0.3, -0.25) is 4.79 Å². The number of aromatic nitrogens is 1. The highest BCUT2D eigenvalue weighted by Crippen LogP contribution is 2.26. The molecule has 0 unspecified atom stereocenters. The van der Waals surface area contributed by atoms with E-state index in [4.69, 9.17) is 4.74 Å². The first kappa shape index (κ1) is 23.4. The summed E-state index contributed by atoms with van der Waals surface area (Å²) in [4.78, 5) is 17.5. The third-order valence-corrected chi connectivity index (χ3v) is 8.39. The minimum Gasteiger partial charge on any atom is -0.494 e. The quantitative estimate of drug-likeness (QED) is 0.522. The molecule has 1 amide bonds. The summed E-state index contributed by atoms with van der Waals surface area (Å²) >= 11 is 1.52. The molecule has 1 fully saturated rings. The van der Waals surface area contributed by atoms with Crippen LogP contribution < -0.4 is 10.1 Å². The van der Waals surface area contributed by atoms with E-state index in [0.717, 1.165) is 16.3 Å². The van der Waals surface area contributed by atoms with Crippen molar-refractivity contribution < 1.29 is 17.9 Å². The summed E-state index contributed by atoms with van der Waals surface area (Å²) in [6.07, 6.45) is 0.991. The van der Waals surface area contributed by atoms with Gasteiger partial charge in [0.05, 0.1) is 23.7 Å². The average Bonchev–Trinajstić information content (AvgIpc) is 3.33. The van der Waals surface area contributed by atoms with E-state index in [2.05, 4.69) is 10.3 Å². The number of carbonyl (C=O) groups is 1. The van der Waals surface area contributed by atoms with Crippen LogP contribution in [0.25, 0.3) is 11.3 Å². The number of nitrogens with one attached hydrogen (secondary N) is 1. The molecule has 2 heterocycles. The summed E-state index contributed by atoms with van der Waals surface area (Å²) in [5, 5.41) is 5.80. The molecule has 1 aliphatic rings. The Bertz CT molecular complexity index is 1170. The molecule has 33 heavy (non-hydrogen) atoms. The first-order valence-electron chi connectivity index (χ1n) is 11.0. The molecule has 7 nitrogen and oxygen atoms in total. The van der Waals surface area contributed by atoms with Crippen molar-refractivity contribution in [1.29, 1.82) is 0 Å². The van der Waals surface area contributed by atoms with E-state index in [0.29, 0.717) is 44.8 Å². The zero-order valence-corrected chi connectivity index (χ0v) is 20.1. The van der Waals surface area contributed by atoms with E-state index in [-0.39, 0.29) is 16.7 Å². The third-order valence-electron chi connectivity index (χ3n) is 5.63. The Labute approximate surface area is 198 Å². The highest BCUT2D eigenvalue weighted by Gasteiger charge is 2.32. The predicted molar refractivity (Wildman–Crippen MR) is 128 cm³/mol. The molecule has 1 N–H and O–H groups in total. The molecule has 0 atom stereocenters. The summed E-state index contributed by atoms with van der Waals surface area (Å²) in [6, 6.07) is 16.4. The largest absolute Gasteiger partial charge is 0.494 e. The molecule has 1 saturated heterocycles. The van der Waals surface area contributed by atoms with Crippen molar-refractivity contribution >= 4 is 27.3 Å². The number of piperidine rings is 1. The van der Waals surface area contributed by atoms with Crippen molar-refractivity contribution in [3.05, 3.63) is 65.0 Å². The van der Waals surface area contributed by atoms with Gasteiger partial charge in [0.25, 0.3) is 0 Å². The smallest absolute Gasteiger partial charge is 0.243 e. The number of amides is 1. The monoisotopic (exact) mass is 485 g/mol. The van der Waals surface area contributed by atoms with Crippen LogP contribution >= 0.6 is 11.3 Å². The van der Waals surface area contributed by atoms with E-state index in [1.54, 1.807) is 24.3 Å². The highest BCUT2D eigenvalue weighted by atomic mass is 32.2. The van der Waals surface area contributed by atoms with E-state index in [9.17, 15) is 13.2 Å². The molecule has 4 rings (SSSR count). The SMILES string of the molecule is CCOc1ccc(S(=O)(=O)N2CCC(C(=O)NCc3nc(-c4ccccc4)cs3)CC2)cc1. The van der Waals surface area contributed by atoms with Crippen LogP contribution in [0.4, 0.5) is 0 Å². The first-order chi connectivity index (χ1) is 16.0. The van der Waals surface area contributed by atoms with Gasteiger partial charge in [-0.1, -0.05) is 30.3 Å². The molecular formula is C24H27N3O4S2. The topological polar surface area (TPSA) is 88.6 Å². The second-order valence-corrected chi connectivity index (χ2v) is 10.7. The van der Waals surface area contributed by atoms with E-state index in [1.165, 1.54) is 15.6 Å². The zero-order chi connectivity index (χ0) is 23.3. The van der Waals surface area contributed by atoms with E-state index in [1.807, 2.05) is 42.6 Å². The Morgan fingerprint density at radius 1 is 1.12 bits per heavy atom. The second-order valence-electron chi connectivity index (χ2n) is 7.79. The fourth-order valence-corrected chi connectivity index (χ4v) is 6.04.